The van der Waals surface area contributed by atoms with E-state index in [1.165, 1.54) is 0 Å². The van der Waals surface area contributed by atoms with Crippen LogP contribution in [0.25, 0.3) is 0 Å². The van der Waals surface area contributed by atoms with Gasteiger partial charge < -0.3 is 11.1 Å². The maximum absolute atomic E-state index is 11.8. The fourth-order valence-electron chi connectivity index (χ4n) is 1.88. The molecule has 0 saturated carbocycles. The molecule has 1 amide bonds. The summed E-state index contributed by atoms with van der Waals surface area (Å²) in [7, 11) is 0. The van der Waals surface area contributed by atoms with Crippen molar-refractivity contribution in [3.63, 3.8) is 0 Å². The van der Waals surface area contributed by atoms with E-state index in [9.17, 15) is 4.79 Å². The van der Waals surface area contributed by atoms with Gasteiger partial charge in [0.25, 0.3) is 0 Å². The molecule has 0 radical (unpaired) electrons. The molecule has 19 heavy (non-hydrogen) atoms. The molecule has 106 valence electrons. The highest BCUT2D eigenvalue weighted by atomic mass is 35.5. The lowest BCUT2D eigenvalue weighted by molar-refractivity contribution is -0.122. The van der Waals surface area contributed by atoms with Crippen LogP contribution >= 0.6 is 11.6 Å². The fourth-order valence-corrected chi connectivity index (χ4v) is 2.01. The normalized spacial score (nSPS) is 13.1. The highest BCUT2D eigenvalue weighted by Crippen LogP contribution is 2.23. The third-order valence-electron chi connectivity index (χ3n) is 3.27. The molecule has 0 aromatic heterocycles. The number of carbonyl (C=O) groups excluding carboxylic acids is 1. The van der Waals surface area contributed by atoms with E-state index < -0.39 is 6.04 Å². The first kappa shape index (κ1) is 16.0. The first-order chi connectivity index (χ1) is 8.86. The Morgan fingerprint density at radius 2 is 1.95 bits per heavy atom. The van der Waals surface area contributed by atoms with Crippen LogP contribution in [0.2, 0.25) is 5.02 Å². The summed E-state index contributed by atoms with van der Waals surface area (Å²) in [5.41, 5.74) is 6.78. The van der Waals surface area contributed by atoms with Gasteiger partial charge in [-0.25, -0.2) is 0 Å². The van der Waals surface area contributed by atoms with Crippen LogP contribution in [0.15, 0.2) is 24.3 Å². The van der Waals surface area contributed by atoms with E-state index in [4.69, 9.17) is 17.3 Å². The summed E-state index contributed by atoms with van der Waals surface area (Å²) in [6.45, 7) is 6.75. The van der Waals surface area contributed by atoms with Crippen molar-refractivity contribution in [1.29, 1.82) is 0 Å². The maximum Gasteiger partial charge on any atom is 0.236 e. The molecule has 0 aliphatic carbocycles. The molecule has 0 aliphatic heterocycles. The summed E-state index contributed by atoms with van der Waals surface area (Å²) < 4.78 is 0. The van der Waals surface area contributed by atoms with E-state index in [2.05, 4.69) is 19.2 Å². The van der Waals surface area contributed by atoms with Crippen molar-refractivity contribution in [3.05, 3.63) is 34.9 Å². The smallest absolute Gasteiger partial charge is 0.236 e. The Bertz CT molecular complexity index is 415. The number of nitrogens with two attached hydrogens (primary N) is 1. The van der Waals surface area contributed by atoms with Crippen molar-refractivity contribution < 1.29 is 4.79 Å². The second kappa shape index (κ2) is 6.92. The van der Waals surface area contributed by atoms with Crippen molar-refractivity contribution in [3.8, 4) is 0 Å². The van der Waals surface area contributed by atoms with Gasteiger partial charge in [0.15, 0.2) is 0 Å². The van der Waals surface area contributed by atoms with Crippen molar-refractivity contribution in [2.45, 2.75) is 45.1 Å². The van der Waals surface area contributed by atoms with Crippen molar-refractivity contribution in [2.24, 2.45) is 5.73 Å². The predicted molar refractivity (Wildman–Crippen MR) is 80.4 cm³/mol. The lowest BCUT2D eigenvalue weighted by atomic mass is 9.84. The molecular formula is C15H23ClN2O. The van der Waals surface area contributed by atoms with Gasteiger partial charge in [0, 0.05) is 17.0 Å². The average molecular weight is 283 g/mol. The fraction of sp³-hybridized carbons (Fsp3) is 0.533. The van der Waals surface area contributed by atoms with Gasteiger partial charge in [-0.1, -0.05) is 50.9 Å². The maximum atomic E-state index is 11.8. The van der Waals surface area contributed by atoms with Gasteiger partial charge in [-0.3, -0.25) is 4.79 Å². The molecule has 0 fully saturated rings. The summed E-state index contributed by atoms with van der Waals surface area (Å²) in [4.78, 5) is 11.8. The van der Waals surface area contributed by atoms with Crippen LogP contribution in [-0.2, 0) is 10.2 Å². The van der Waals surface area contributed by atoms with Gasteiger partial charge in [0.1, 0.15) is 0 Å². The average Bonchev–Trinajstić information content (AvgIpc) is 2.37. The minimum atomic E-state index is -0.411. The number of amides is 1. The van der Waals surface area contributed by atoms with Gasteiger partial charge in [-0.2, -0.15) is 0 Å². The summed E-state index contributed by atoms with van der Waals surface area (Å²) >= 11 is 5.88. The van der Waals surface area contributed by atoms with Crippen LogP contribution in [0.5, 0.6) is 0 Å². The Hall–Kier alpha value is -1.06. The second-order valence-electron chi connectivity index (χ2n) is 5.50. The minimum absolute atomic E-state index is 0.0797. The zero-order chi connectivity index (χ0) is 14.5. The quantitative estimate of drug-likeness (QED) is 0.843. The molecule has 0 saturated heterocycles. The van der Waals surface area contributed by atoms with Crippen LogP contribution in [0.1, 0.15) is 39.2 Å². The number of halogens is 1. The third-order valence-corrected chi connectivity index (χ3v) is 3.52. The van der Waals surface area contributed by atoms with Crippen molar-refractivity contribution >= 4 is 17.5 Å². The lowest BCUT2D eigenvalue weighted by Crippen LogP contribution is -2.45. The molecule has 0 heterocycles. The molecule has 3 nitrogen and oxygen atoms in total. The van der Waals surface area contributed by atoms with Gasteiger partial charge in [0.05, 0.1) is 6.04 Å². The number of hydrogen-bond acceptors (Lipinski definition) is 2. The monoisotopic (exact) mass is 282 g/mol. The van der Waals surface area contributed by atoms with Crippen LogP contribution in [0.4, 0.5) is 0 Å². The summed E-state index contributed by atoms with van der Waals surface area (Å²) in [5.74, 6) is -0.0797. The summed E-state index contributed by atoms with van der Waals surface area (Å²) in [6, 6.07) is 7.29. The van der Waals surface area contributed by atoms with E-state index >= 15 is 0 Å². The lowest BCUT2D eigenvalue weighted by Gasteiger charge is -2.26. The molecule has 1 unspecified atom stereocenters. The van der Waals surface area contributed by atoms with Crippen LogP contribution < -0.4 is 11.1 Å². The first-order valence-corrected chi connectivity index (χ1v) is 7.04. The summed E-state index contributed by atoms with van der Waals surface area (Å²) in [5, 5.41) is 3.64. The standard InChI is InChI=1S/C15H23ClN2O/c1-4-5-13(17)14(19)18-10-15(2,3)11-6-8-12(16)9-7-11/h6-9,13H,4-5,10,17H2,1-3H3,(H,18,19). The second-order valence-corrected chi connectivity index (χ2v) is 5.94. The van der Waals surface area contributed by atoms with E-state index in [-0.39, 0.29) is 11.3 Å². The predicted octanol–water partition coefficient (Wildman–Crippen LogP) is 2.86. The van der Waals surface area contributed by atoms with E-state index in [1.54, 1.807) is 0 Å². The topological polar surface area (TPSA) is 55.1 Å². The minimum Gasteiger partial charge on any atom is -0.354 e. The number of nitrogens with one attached hydrogen (secondary N) is 1. The van der Waals surface area contributed by atoms with Gasteiger partial charge in [-0.05, 0) is 24.1 Å². The molecule has 1 rings (SSSR count). The molecule has 1 atom stereocenters. The molecule has 1 aromatic rings. The summed E-state index contributed by atoms with van der Waals surface area (Å²) in [6.07, 6.45) is 1.63. The molecule has 4 heteroatoms. The first-order valence-electron chi connectivity index (χ1n) is 6.66. The Morgan fingerprint density at radius 1 is 1.37 bits per heavy atom. The zero-order valence-corrected chi connectivity index (χ0v) is 12.6. The number of rotatable bonds is 6. The zero-order valence-electron chi connectivity index (χ0n) is 11.9. The molecule has 0 bridgehead atoms. The molecule has 0 spiro atoms. The highest BCUT2D eigenvalue weighted by molar-refractivity contribution is 6.30. The largest absolute Gasteiger partial charge is 0.354 e. The van der Waals surface area contributed by atoms with Crippen molar-refractivity contribution in [1.82, 2.24) is 5.32 Å². The van der Waals surface area contributed by atoms with Crippen molar-refractivity contribution in [2.75, 3.05) is 6.54 Å². The number of benzene rings is 1. The Kier molecular flexibility index (Phi) is 5.83. The molecule has 1 aromatic carbocycles. The highest BCUT2D eigenvalue weighted by Gasteiger charge is 2.22. The van der Waals surface area contributed by atoms with Gasteiger partial charge in [0.2, 0.25) is 5.91 Å². The number of hydrogen-bond donors (Lipinski definition) is 2. The van der Waals surface area contributed by atoms with Crippen LogP contribution in [-0.4, -0.2) is 18.5 Å². The Labute approximate surface area is 120 Å². The van der Waals surface area contributed by atoms with Crippen LogP contribution in [0.3, 0.4) is 0 Å². The third kappa shape index (κ3) is 4.84. The molecule has 0 aliphatic rings. The van der Waals surface area contributed by atoms with Gasteiger partial charge >= 0.3 is 0 Å². The van der Waals surface area contributed by atoms with E-state index in [0.29, 0.717) is 18.0 Å². The van der Waals surface area contributed by atoms with E-state index in [1.807, 2.05) is 31.2 Å². The van der Waals surface area contributed by atoms with Gasteiger partial charge in [-0.15, -0.1) is 0 Å². The Morgan fingerprint density at radius 3 is 2.47 bits per heavy atom. The van der Waals surface area contributed by atoms with Crippen LogP contribution in [0, 0.1) is 0 Å². The SMILES string of the molecule is CCCC(N)C(=O)NCC(C)(C)c1ccc(Cl)cc1. The molecular weight excluding hydrogens is 260 g/mol. The van der Waals surface area contributed by atoms with E-state index in [0.717, 1.165) is 12.0 Å². The number of carbonyl (C=O) groups is 1. The molecule has 3 N–H and O–H groups in total. The Balaban J connectivity index is 2.60.